The van der Waals surface area contributed by atoms with E-state index >= 15 is 0 Å². The minimum atomic E-state index is -3.67. The highest BCUT2D eigenvalue weighted by molar-refractivity contribution is 7.89. The number of para-hydroxylation sites is 2. The number of carbonyl (C=O) groups excluding carboxylic acids is 1. The molecule has 0 saturated heterocycles. The van der Waals surface area contributed by atoms with Crippen molar-refractivity contribution in [3.8, 4) is 5.75 Å². The SMILES string of the molecule is CCOc1ccccc1NC(=O)c1cc(S(=O)(=O)N(C)C)ccc1Cl. The van der Waals surface area contributed by atoms with Gasteiger partial charge in [0.15, 0.2) is 0 Å². The Morgan fingerprint density at radius 1 is 1.20 bits per heavy atom. The molecule has 6 nitrogen and oxygen atoms in total. The van der Waals surface area contributed by atoms with Crippen molar-refractivity contribution in [1.82, 2.24) is 4.31 Å². The second-order valence-electron chi connectivity index (χ2n) is 5.31. The molecule has 0 fully saturated rings. The van der Waals surface area contributed by atoms with Gasteiger partial charge in [0.25, 0.3) is 5.91 Å². The topological polar surface area (TPSA) is 75.7 Å². The van der Waals surface area contributed by atoms with Gasteiger partial charge < -0.3 is 10.1 Å². The molecule has 134 valence electrons. The summed E-state index contributed by atoms with van der Waals surface area (Å²) < 4.78 is 31.0. The van der Waals surface area contributed by atoms with E-state index in [1.165, 1.54) is 32.3 Å². The number of hydrogen-bond acceptors (Lipinski definition) is 4. The maximum absolute atomic E-state index is 12.6. The maximum atomic E-state index is 12.6. The van der Waals surface area contributed by atoms with Crippen LogP contribution in [-0.2, 0) is 10.0 Å². The Morgan fingerprint density at radius 3 is 2.52 bits per heavy atom. The molecule has 0 unspecified atom stereocenters. The van der Waals surface area contributed by atoms with E-state index in [1.807, 2.05) is 6.92 Å². The predicted octanol–water partition coefficient (Wildman–Crippen LogP) is 3.24. The number of ether oxygens (including phenoxy) is 1. The minimum absolute atomic E-state index is 0.00913. The zero-order valence-corrected chi connectivity index (χ0v) is 15.7. The van der Waals surface area contributed by atoms with E-state index in [-0.39, 0.29) is 15.5 Å². The number of nitrogens with one attached hydrogen (secondary N) is 1. The largest absolute Gasteiger partial charge is 0.492 e. The number of amides is 1. The lowest BCUT2D eigenvalue weighted by atomic mass is 10.2. The standard InChI is InChI=1S/C17H19ClN2O4S/c1-4-24-16-8-6-5-7-15(16)19-17(21)13-11-12(9-10-14(13)18)25(22,23)20(2)3/h5-11H,4H2,1-3H3,(H,19,21). The molecule has 2 aromatic carbocycles. The van der Waals surface area contributed by atoms with Gasteiger partial charge in [0.05, 0.1) is 27.8 Å². The van der Waals surface area contributed by atoms with Crippen LogP contribution >= 0.6 is 11.6 Å². The number of benzene rings is 2. The van der Waals surface area contributed by atoms with Crippen molar-refractivity contribution in [3.05, 3.63) is 53.1 Å². The van der Waals surface area contributed by atoms with E-state index in [4.69, 9.17) is 16.3 Å². The average molecular weight is 383 g/mol. The molecule has 0 bridgehead atoms. The van der Waals surface area contributed by atoms with Gasteiger partial charge in [0.2, 0.25) is 10.0 Å². The number of rotatable bonds is 6. The summed E-state index contributed by atoms with van der Waals surface area (Å²) in [6, 6.07) is 11.0. The summed E-state index contributed by atoms with van der Waals surface area (Å²) >= 11 is 6.09. The normalized spacial score (nSPS) is 11.4. The van der Waals surface area contributed by atoms with Crippen molar-refractivity contribution in [2.24, 2.45) is 0 Å². The maximum Gasteiger partial charge on any atom is 0.257 e. The average Bonchev–Trinajstić information content (AvgIpc) is 2.56. The molecule has 0 aliphatic carbocycles. The minimum Gasteiger partial charge on any atom is -0.492 e. The Hall–Kier alpha value is -2.09. The van der Waals surface area contributed by atoms with Gasteiger partial charge in [-0.3, -0.25) is 4.79 Å². The van der Waals surface area contributed by atoms with Crippen LogP contribution in [0.15, 0.2) is 47.4 Å². The van der Waals surface area contributed by atoms with Gasteiger partial charge in [0.1, 0.15) is 5.75 Å². The molecule has 2 rings (SSSR count). The first-order valence-electron chi connectivity index (χ1n) is 7.52. The van der Waals surface area contributed by atoms with Crippen molar-refractivity contribution >= 4 is 33.2 Å². The van der Waals surface area contributed by atoms with Crippen LogP contribution in [0.25, 0.3) is 0 Å². The molecule has 1 amide bonds. The highest BCUT2D eigenvalue weighted by Gasteiger charge is 2.21. The molecule has 2 aromatic rings. The summed E-state index contributed by atoms with van der Waals surface area (Å²) in [5, 5.41) is 2.86. The lowest BCUT2D eigenvalue weighted by Gasteiger charge is -2.14. The van der Waals surface area contributed by atoms with Crippen molar-refractivity contribution in [2.75, 3.05) is 26.0 Å². The van der Waals surface area contributed by atoms with Gasteiger partial charge in [-0.1, -0.05) is 23.7 Å². The number of hydrogen-bond donors (Lipinski definition) is 1. The van der Waals surface area contributed by atoms with Crippen molar-refractivity contribution in [2.45, 2.75) is 11.8 Å². The number of sulfonamides is 1. The summed E-state index contributed by atoms with van der Waals surface area (Å²) in [4.78, 5) is 12.6. The van der Waals surface area contributed by atoms with Crippen LogP contribution in [0, 0.1) is 0 Å². The molecule has 25 heavy (non-hydrogen) atoms. The van der Waals surface area contributed by atoms with E-state index in [1.54, 1.807) is 24.3 Å². The Balaban J connectivity index is 2.37. The van der Waals surface area contributed by atoms with E-state index in [9.17, 15) is 13.2 Å². The van der Waals surface area contributed by atoms with Crippen LogP contribution in [0.4, 0.5) is 5.69 Å². The molecule has 0 saturated carbocycles. The van der Waals surface area contributed by atoms with Crippen LogP contribution in [0.1, 0.15) is 17.3 Å². The fourth-order valence-electron chi connectivity index (χ4n) is 2.09. The van der Waals surface area contributed by atoms with Crippen molar-refractivity contribution < 1.29 is 17.9 Å². The molecule has 0 atom stereocenters. The number of carbonyl (C=O) groups is 1. The molecule has 0 aliphatic heterocycles. The molecule has 1 N–H and O–H groups in total. The molecule has 0 spiro atoms. The number of anilines is 1. The Bertz CT molecular complexity index is 882. The molecule has 0 aromatic heterocycles. The van der Waals surface area contributed by atoms with Crippen LogP contribution in [0.2, 0.25) is 5.02 Å². The van der Waals surface area contributed by atoms with Crippen molar-refractivity contribution in [3.63, 3.8) is 0 Å². The van der Waals surface area contributed by atoms with E-state index < -0.39 is 15.9 Å². The Labute approximate surface area is 152 Å². The Kier molecular flexibility index (Phi) is 6.05. The second-order valence-corrected chi connectivity index (χ2v) is 7.87. The summed E-state index contributed by atoms with van der Waals surface area (Å²) in [5.74, 6) is -0.000464. The monoisotopic (exact) mass is 382 g/mol. The zero-order chi connectivity index (χ0) is 18.6. The van der Waals surface area contributed by atoms with Gasteiger partial charge in [-0.15, -0.1) is 0 Å². The molecule has 0 heterocycles. The zero-order valence-electron chi connectivity index (χ0n) is 14.1. The van der Waals surface area contributed by atoms with Crippen LogP contribution in [0.3, 0.4) is 0 Å². The summed E-state index contributed by atoms with van der Waals surface area (Å²) in [6.07, 6.45) is 0. The summed E-state index contributed by atoms with van der Waals surface area (Å²) in [5.41, 5.74) is 0.544. The van der Waals surface area contributed by atoms with Gasteiger partial charge in [0, 0.05) is 14.1 Å². The first-order chi connectivity index (χ1) is 11.8. The van der Waals surface area contributed by atoms with E-state index in [0.29, 0.717) is 18.0 Å². The van der Waals surface area contributed by atoms with Gasteiger partial charge in [-0.05, 0) is 37.3 Å². The third-order valence-electron chi connectivity index (χ3n) is 3.40. The molecular formula is C17H19ClN2O4S. The van der Waals surface area contributed by atoms with E-state index in [0.717, 1.165) is 4.31 Å². The summed E-state index contributed by atoms with van der Waals surface area (Å²) in [7, 11) is -0.832. The second kappa shape index (κ2) is 7.86. The smallest absolute Gasteiger partial charge is 0.257 e. The summed E-state index contributed by atoms with van der Waals surface area (Å²) in [6.45, 7) is 2.29. The van der Waals surface area contributed by atoms with Crippen LogP contribution in [-0.4, -0.2) is 39.3 Å². The predicted molar refractivity (Wildman–Crippen MR) is 97.9 cm³/mol. The van der Waals surface area contributed by atoms with E-state index in [2.05, 4.69) is 5.32 Å². The van der Waals surface area contributed by atoms with Gasteiger partial charge >= 0.3 is 0 Å². The quantitative estimate of drug-likeness (QED) is 0.832. The lowest BCUT2D eigenvalue weighted by molar-refractivity contribution is 0.102. The molecule has 0 aliphatic rings. The fourth-order valence-corrected chi connectivity index (χ4v) is 3.22. The van der Waals surface area contributed by atoms with Gasteiger partial charge in [-0.2, -0.15) is 0 Å². The number of nitrogens with zero attached hydrogens (tertiary/aromatic N) is 1. The Morgan fingerprint density at radius 2 is 1.88 bits per heavy atom. The first kappa shape index (κ1) is 19.2. The van der Waals surface area contributed by atoms with Crippen LogP contribution < -0.4 is 10.1 Å². The fraction of sp³-hybridized carbons (Fsp3) is 0.235. The molecule has 0 radical (unpaired) electrons. The van der Waals surface area contributed by atoms with Crippen molar-refractivity contribution in [1.29, 1.82) is 0 Å². The third-order valence-corrected chi connectivity index (χ3v) is 5.54. The number of halogens is 1. The van der Waals surface area contributed by atoms with Gasteiger partial charge in [-0.25, -0.2) is 12.7 Å². The highest BCUT2D eigenvalue weighted by atomic mass is 35.5. The third kappa shape index (κ3) is 4.31. The van der Waals surface area contributed by atoms with Crippen LogP contribution in [0.5, 0.6) is 5.75 Å². The lowest BCUT2D eigenvalue weighted by Crippen LogP contribution is -2.23. The molecular weight excluding hydrogens is 364 g/mol. The molecule has 8 heteroatoms. The first-order valence-corrected chi connectivity index (χ1v) is 9.34. The highest BCUT2D eigenvalue weighted by Crippen LogP contribution is 2.27.